The Bertz CT molecular complexity index is 636. The van der Waals surface area contributed by atoms with Gasteiger partial charge in [0.2, 0.25) is 0 Å². The van der Waals surface area contributed by atoms with Gasteiger partial charge in [0, 0.05) is 12.7 Å². The molecular formula is C11H14N6OS. The lowest BCUT2D eigenvalue weighted by atomic mass is 10.1. The monoisotopic (exact) mass is 278 g/mol. The Labute approximate surface area is 114 Å². The fourth-order valence-electron chi connectivity index (χ4n) is 1.69. The average Bonchev–Trinajstić information content (AvgIpc) is 2.73. The van der Waals surface area contributed by atoms with Crippen molar-refractivity contribution in [3.63, 3.8) is 0 Å². The molecule has 0 aliphatic carbocycles. The van der Waals surface area contributed by atoms with Crippen molar-refractivity contribution >= 4 is 17.6 Å². The molecule has 2 rings (SSSR count). The van der Waals surface area contributed by atoms with Crippen molar-refractivity contribution in [2.75, 3.05) is 0 Å². The highest BCUT2D eigenvalue weighted by Crippen LogP contribution is 2.29. The molecule has 0 saturated heterocycles. The van der Waals surface area contributed by atoms with Gasteiger partial charge < -0.3 is 15.5 Å². The molecular weight excluding hydrogens is 264 g/mol. The van der Waals surface area contributed by atoms with Gasteiger partial charge in [0.15, 0.2) is 11.0 Å². The molecule has 3 N–H and O–H groups in total. The lowest BCUT2D eigenvalue weighted by Gasteiger charge is -2.10. The molecule has 100 valence electrons. The van der Waals surface area contributed by atoms with Gasteiger partial charge in [0.25, 0.3) is 0 Å². The van der Waals surface area contributed by atoms with E-state index in [0.717, 1.165) is 11.3 Å². The molecule has 0 unspecified atom stereocenters. The maximum absolute atomic E-state index is 8.88. The third kappa shape index (κ3) is 2.68. The predicted octanol–water partition coefficient (Wildman–Crippen LogP) is 1.07. The molecule has 0 atom stereocenters. The first-order valence-corrected chi connectivity index (χ1v) is 6.32. The number of amidine groups is 1. The van der Waals surface area contributed by atoms with Gasteiger partial charge in [-0.25, -0.2) is 4.98 Å². The minimum Gasteiger partial charge on any atom is -0.409 e. The van der Waals surface area contributed by atoms with Crippen LogP contribution in [0, 0.1) is 13.8 Å². The van der Waals surface area contributed by atoms with Crippen LogP contribution in [0.1, 0.15) is 16.8 Å². The van der Waals surface area contributed by atoms with Crippen LogP contribution in [0.5, 0.6) is 0 Å². The Kier molecular flexibility index (Phi) is 3.70. The van der Waals surface area contributed by atoms with E-state index in [0.29, 0.717) is 15.7 Å². The molecule has 19 heavy (non-hydrogen) atoms. The van der Waals surface area contributed by atoms with Crippen LogP contribution in [-0.4, -0.2) is 30.8 Å². The van der Waals surface area contributed by atoms with Gasteiger partial charge >= 0.3 is 0 Å². The fourth-order valence-corrected chi connectivity index (χ4v) is 2.70. The molecule has 0 aliphatic heterocycles. The third-order valence-corrected chi connectivity index (χ3v) is 3.57. The topological polar surface area (TPSA) is 102 Å². The summed E-state index contributed by atoms with van der Waals surface area (Å²) in [6, 6.07) is 1.88. The zero-order valence-electron chi connectivity index (χ0n) is 10.8. The van der Waals surface area contributed by atoms with Gasteiger partial charge in [-0.15, -0.1) is 10.2 Å². The fraction of sp³-hybridized carbons (Fsp3) is 0.273. The molecule has 0 spiro atoms. The number of hydrogen-bond acceptors (Lipinski definition) is 6. The van der Waals surface area contributed by atoms with E-state index in [9.17, 15) is 0 Å². The molecule has 0 aromatic carbocycles. The van der Waals surface area contributed by atoms with Crippen LogP contribution in [0.3, 0.4) is 0 Å². The quantitative estimate of drug-likeness (QED) is 0.377. The summed E-state index contributed by atoms with van der Waals surface area (Å²) >= 11 is 1.33. The summed E-state index contributed by atoms with van der Waals surface area (Å²) in [6.07, 6.45) is 1.61. The second-order valence-corrected chi connectivity index (χ2v) is 5.03. The maximum atomic E-state index is 8.88. The van der Waals surface area contributed by atoms with E-state index in [4.69, 9.17) is 10.9 Å². The number of nitrogens with zero attached hydrogens (tertiary/aromatic N) is 5. The van der Waals surface area contributed by atoms with E-state index in [-0.39, 0.29) is 5.84 Å². The van der Waals surface area contributed by atoms with E-state index in [1.54, 1.807) is 10.9 Å². The van der Waals surface area contributed by atoms with Crippen molar-refractivity contribution < 1.29 is 5.21 Å². The van der Waals surface area contributed by atoms with Gasteiger partial charge in [-0.2, -0.15) is 0 Å². The van der Waals surface area contributed by atoms with Gasteiger partial charge in [0.1, 0.15) is 11.4 Å². The Morgan fingerprint density at radius 3 is 2.79 bits per heavy atom. The molecule has 8 heteroatoms. The Morgan fingerprint density at radius 2 is 2.21 bits per heavy atom. The van der Waals surface area contributed by atoms with Gasteiger partial charge in [-0.1, -0.05) is 5.16 Å². The standard InChI is InChI=1S/C11H14N6OS/c1-6-4-7(2)14-10(8(6)9(12)16-18)19-11-15-13-5-17(11)3/h4-5,18H,1-3H3,(H2,12,16). The van der Waals surface area contributed by atoms with E-state index in [2.05, 4.69) is 20.3 Å². The first-order chi connectivity index (χ1) is 9.02. The van der Waals surface area contributed by atoms with Crippen molar-refractivity contribution in [3.8, 4) is 0 Å². The molecule has 0 fully saturated rings. The first-order valence-electron chi connectivity index (χ1n) is 5.51. The number of hydrogen-bond donors (Lipinski definition) is 2. The molecule has 0 radical (unpaired) electrons. The zero-order valence-corrected chi connectivity index (χ0v) is 11.6. The third-order valence-electron chi connectivity index (χ3n) is 2.53. The molecule has 0 saturated carbocycles. The zero-order chi connectivity index (χ0) is 14.0. The summed E-state index contributed by atoms with van der Waals surface area (Å²) in [4.78, 5) is 4.43. The molecule has 0 bridgehead atoms. The van der Waals surface area contributed by atoms with E-state index in [1.807, 2.05) is 27.0 Å². The minimum absolute atomic E-state index is 0.0367. The van der Waals surface area contributed by atoms with E-state index >= 15 is 0 Å². The van der Waals surface area contributed by atoms with Crippen LogP contribution >= 0.6 is 11.8 Å². The summed E-state index contributed by atoms with van der Waals surface area (Å²) in [5.41, 5.74) is 8.08. The molecule has 0 aliphatic rings. The second kappa shape index (κ2) is 5.27. The van der Waals surface area contributed by atoms with Gasteiger partial charge in [0.05, 0.1) is 5.56 Å². The van der Waals surface area contributed by atoms with Crippen LogP contribution in [0.15, 0.2) is 27.7 Å². The molecule has 2 heterocycles. The Balaban J connectivity index is 2.52. The predicted molar refractivity (Wildman–Crippen MR) is 71.3 cm³/mol. The van der Waals surface area contributed by atoms with Crippen LogP contribution in [0.25, 0.3) is 0 Å². The number of aryl methyl sites for hydroxylation is 3. The second-order valence-electron chi connectivity index (χ2n) is 4.07. The highest BCUT2D eigenvalue weighted by atomic mass is 32.2. The summed E-state index contributed by atoms with van der Waals surface area (Å²) in [6.45, 7) is 3.78. The molecule has 0 amide bonds. The normalized spacial score (nSPS) is 11.8. The largest absolute Gasteiger partial charge is 0.409 e. The summed E-state index contributed by atoms with van der Waals surface area (Å²) in [5, 5.41) is 21.1. The average molecular weight is 278 g/mol. The molecule has 2 aromatic heterocycles. The van der Waals surface area contributed by atoms with Crippen molar-refractivity contribution in [1.29, 1.82) is 0 Å². The van der Waals surface area contributed by atoms with Crippen LogP contribution in [-0.2, 0) is 7.05 Å². The lowest BCUT2D eigenvalue weighted by molar-refractivity contribution is 0.318. The highest BCUT2D eigenvalue weighted by Gasteiger charge is 2.16. The number of aromatic nitrogens is 4. The van der Waals surface area contributed by atoms with E-state index in [1.165, 1.54) is 11.8 Å². The van der Waals surface area contributed by atoms with Crippen molar-refractivity contribution in [2.24, 2.45) is 17.9 Å². The van der Waals surface area contributed by atoms with Crippen molar-refractivity contribution in [2.45, 2.75) is 24.0 Å². The Hall–Kier alpha value is -2.09. The van der Waals surface area contributed by atoms with Crippen molar-refractivity contribution in [1.82, 2.24) is 19.7 Å². The number of nitrogens with two attached hydrogens (primary N) is 1. The smallest absolute Gasteiger partial charge is 0.197 e. The SMILES string of the molecule is Cc1cc(C)c(/C(N)=N/O)c(Sc2nncn2C)n1. The number of rotatable bonds is 3. The van der Waals surface area contributed by atoms with Gasteiger partial charge in [-0.3, -0.25) is 0 Å². The first kappa shape index (κ1) is 13.3. The minimum atomic E-state index is 0.0367. The van der Waals surface area contributed by atoms with Gasteiger partial charge in [-0.05, 0) is 37.2 Å². The van der Waals surface area contributed by atoms with Crippen LogP contribution < -0.4 is 5.73 Å². The molecule has 2 aromatic rings. The summed E-state index contributed by atoms with van der Waals surface area (Å²) < 4.78 is 1.78. The highest BCUT2D eigenvalue weighted by molar-refractivity contribution is 7.99. The maximum Gasteiger partial charge on any atom is 0.197 e. The number of oxime groups is 1. The van der Waals surface area contributed by atoms with Crippen molar-refractivity contribution in [3.05, 3.63) is 29.2 Å². The summed E-state index contributed by atoms with van der Waals surface area (Å²) in [7, 11) is 1.84. The number of pyridine rings is 1. The Morgan fingerprint density at radius 1 is 1.47 bits per heavy atom. The summed E-state index contributed by atoms with van der Waals surface area (Å²) in [5.74, 6) is 0.0367. The van der Waals surface area contributed by atoms with Crippen LogP contribution in [0.4, 0.5) is 0 Å². The molecule has 7 nitrogen and oxygen atoms in total. The van der Waals surface area contributed by atoms with Crippen LogP contribution in [0.2, 0.25) is 0 Å². The lowest BCUT2D eigenvalue weighted by Crippen LogP contribution is -2.17. The van der Waals surface area contributed by atoms with E-state index < -0.39 is 0 Å².